The van der Waals surface area contributed by atoms with Gasteiger partial charge in [0.1, 0.15) is 5.82 Å². The molecule has 0 bridgehead atoms. The highest BCUT2D eigenvalue weighted by Crippen LogP contribution is 2.15. The Hall–Kier alpha value is -1.74. The lowest BCUT2D eigenvalue weighted by Crippen LogP contribution is -2.12. The quantitative estimate of drug-likeness (QED) is 0.870. The molecule has 0 atom stereocenters. The summed E-state index contributed by atoms with van der Waals surface area (Å²) < 4.78 is 13.9. The summed E-state index contributed by atoms with van der Waals surface area (Å²) in [5, 5.41) is 3.25. The summed E-state index contributed by atoms with van der Waals surface area (Å²) in [5.41, 5.74) is 3.92. The van der Waals surface area contributed by atoms with E-state index in [2.05, 4.69) is 30.2 Å². The number of hydrogen-bond acceptors (Lipinski definition) is 2. The average Bonchev–Trinajstić information content (AvgIpc) is 2.49. The van der Waals surface area contributed by atoms with Crippen LogP contribution < -0.4 is 5.32 Å². The van der Waals surface area contributed by atoms with Crippen molar-refractivity contribution in [3.63, 3.8) is 0 Å². The normalized spacial score (nSPS) is 10.8. The molecule has 0 radical (unpaired) electrons. The number of aromatic nitrogens is 1. The highest BCUT2D eigenvalue weighted by Gasteiger charge is 2.06. The van der Waals surface area contributed by atoms with Gasteiger partial charge in [0.2, 0.25) is 0 Å². The zero-order valence-corrected chi connectivity index (χ0v) is 12.1. The maximum Gasteiger partial charge on any atom is 0.126 e. The highest BCUT2D eigenvalue weighted by molar-refractivity contribution is 5.29. The third-order valence-electron chi connectivity index (χ3n) is 3.36. The van der Waals surface area contributed by atoms with Crippen LogP contribution in [0, 0.1) is 5.82 Å². The Morgan fingerprint density at radius 3 is 2.55 bits per heavy atom. The molecule has 1 N–H and O–H groups in total. The van der Waals surface area contributed by atoms with Crippen LogP contribution in [0.25, 0.3) is 0 Å². The van der Waals surface area contributed by atoms with Crippen LogP contribution in [0.15, 0.2) is 36.5 Å². The van der Waals surface area contributed by atoms with Gasteiger partial charge in [-0.2, -0.15) is 0 Å². The molecule has 0 aliphatic heterocycles. The second-order valence-electron chi connectivity index (χ2n) is 4.89. The van der Waals surface area contributed by atoms with E-state index in [0.29, 0.717) is 12.0 Å². The number of nitrogens with zero attached hydrogens (tertiary/aromatic N) is 1. The van der Waals surface area contributed by atoms with Gasteiger partial charge in [0, 0.05) is 24.9 Å². The van der Waals surface area contributed by atoms with Crippen molar-refractivity contribution in [1.29, 1.82) is 0 Å². The van der Waals surface area contributed by atoms with Crippen molar-refractivity contribution in [2.45, 2.75) is 33.2 Å². The molecule has 2 aromatic rings. The van der Waals surface area contributed by atoms with E-state index in [0.717, 1.165) is 30.8 Å². The summed E-state index contributed by atoms with van der Waals surface area (Å²) in [5.74, 6) is -0.161. The lowest BCUT2D eigenvalue weighted by molar-refractivity contribution is 0.610. The van der Waals surface area contributed by atoms with Crippen molar-refractivity contribution in [2.75, 3.05) is 6.54 Å². The van der Waals surface area contributed by atoms with Crippen molar-refractivity contribution in [3.8, 4) is 0 Å². The van der Waals surface area contributed by atoms with Crippen LogP contribution in [0.3, 0.4) is 0 Å². The third kappa shape index (κ3) is 3.87. The Kier molecular flexibility index (Phi) is 5.24. The molecular weight excluding hydrogens is 251 g/mol. The summed E-state index contributed by atoms with van der Waals surface area (Å²) in [4.78, 5) is 4.40. The molecule has 0 saturated heterocycles. The van der Waals surface area contributed by atoms with Gasteiger partial charge in [0.15, 0.2) is 0 Å². The van der Waals surface area contributed by atoms with E-state index in [4.69, 9.17) is 0 Å². The van der Waals surface area contributed by atoms with Crippen LogP contribution in [-0.4, -0.2) is 11.5 Å². The molecule has 2 nitrogen and oxygen atoms in total. The topological polar surface area (TPSA) is 24.9 Å². The van der Waals surface area contributed by atoms with Gasteiger partial charge in [-0.3, -0.25) is 4.98 Å². The first kappa shape index (κ1) is 14.7. The lowest BCUT2D eigenvalue weighted by atomic mass is 10.0. The Balaban J connectivity index is 2.14. The van der Waals surface area contributed by atoms with Crippen LogP contribution in [0.4, 0.5) is 4.39 Å². The zero-order chi connectivity index (χ0) is 14.4. The van der Waals surface area contributed by atoms with Gasteiger partial charge in [-0.1, -0.05) is 32.0 Å². The smallest absolute Gasteiger partial charge is 0.126 e. The van der Waals surface area contributed by atoms with Gasteiger partial charge in [-0.25, -0.2) is 4.39 Å². The number of pyridine rings is 1. The van der Waals surface area contributed by atoms with E-state index in [1.54, 1.807) is 6.07 Å². The Morgan fingerprint density at radius 2 is 1.90 bits per heavy atom. The Morgan fingerprint density at radius 1 is 1.10 bits per heavy atom. The summed E-state index contributed by atoms with van der Waals surface area (Å²) >= 11 is 0. The lowest BCUT2D eigenvalue weighted by Gasteiger charge is -2.08. The molecule has 1 aromatic carbocycles. The second-order valence-corrected chi connectivity index (χ2v) is 4.89. The van der Waals surface area contributed by atoms with Crippen LogP contribution in [0.2, 0.25) is 0 Å². The molecule has 2 rings (SSSR count). The Bertz CT molecular complexity index is 549. The molecular formula is C17H21FN2. The SMILES string of the molecule is CCNCc1ccc(F)c(Cc2ccc(CC)cn2)c1. The number of aryl methyl sites for hydroxylation is 1. The van der Waals surface area contributed by atoms with Crippen molar-refractivity contribution in [3.05, 3.63) is 64.7 Å². The van der Waals surface area contributed by atoms with Crippen LogP contribution in [-0.2, 0) is 19.4 Å². The first-order valence-electron chi connectivity index (χ1n) is 7.14. The van der Waals surface area contributed by atoms with Gasteiger partial charge in [-0.15, -0.1) is 0 Å². The van der Waals surface area contributed by atoms with Gasteiger partial charge in [0.05, 0.1) is 0 Å². The predicted molar refractivity (Wildman–Crippen MR) is 80.2 cm³/mol. The van der Waals surface area contributed by atoms with E-state index >= 15 is 0 Å². The van der Waals surface area contributed by atoms with Crippen molar-refractivity contribution >= 4 is 0 Å². The minimum absolute atomic E-state index is 0.161. The van der Waals surface area contributed by atoms with Crippen molar-refractivity contribution < 1.29 is 4.39 Å². The molecule has 0 unspecified atom stereocenters. The van der Waals surface area contributed by atoms with E-state index in [-0.39, 0.29) is 5.82 Å². The predicted octanol–water partition coefficient (Wildman–Crippen LogP) is 3.48. The molecule has 0 spiro atoms. The molecule has 20 heavy (non-hydrogen) atoms. The summed E-state index contributed by atoms with van der Waals surface area (Å²) in [6.45, 7) is 5.84. The maximum absolute atomic E-state index is 13.9. The molecule has 0 aliphatic carbocycles. The monoisotopic (exact) mass is 272 g/mol. The Labute approximate surface area is 120 Å². The molecule has 1 aromatic heterocycles. The first-order chi connectivity index (χ1) is 9.72. The second kappa shape index (κ2) is 7.15. The van der Waals surface area contributed by atoms with Crippen molar-refractivity contribution in [1.82, 2.24) is 10.3 Å². The molecule has 0 fully saturated rings. The average molecular weight is 272 g/mol. The molecule has 106 valence electrons. The fraction of sp³-hybridized carbons (Fsp3) is 0.353. The third-order valence-corrected chi connectivity index (χ3v) is 3.36. The number of rotatable bonds is 6. The fourth-order valence-corrected chi connectivity index (χ4v) is 2.11. The minimum Gasteiger partial charge on any atom is -0.313 e. The summed E-state index contributed by atoms with van der Waals surface area (Å²) in [6.07, 6.45) is 3.38. The molecule has 1 heterocycles. The van der Waals surface area contributed by atoms with Crippen molar-refractivity contribution in [2.24, 2.45) is 0 Å². The number of benzene rings is 1. The van der Waals surface area contributed by atoms with E-state index in [1.165, 1.54) is 5.56 Å². The molecule has 3 heteroatoms. The minimum atomic E-state index is -0.161. The molecule has 0 amide bonds. The largest absolute Gasteiger partial charge is 0.313 e. The van der Waals surface area contributed by atoms with Gasteiger partial charge >= 0.3 is 0 Å². The van der Waals surface area contributed by atoms with Gasteiger partial charge in [0.25, 0.3) is 0 Å². The number of halogens is 1. The summed E-state index contributed by atoms with van der Waals surface area (Å²) in [7, 11) is 0. The fourth-order valence-electron chi connectivity index (χ4n) is 2.11. The van der Waals surface area contributed by atoms with Crippen LogP contribution >= 0.6 is 0 Å². The summed E-state index contributed by atoms with van der Waals surface area (Å²) in [6, 6.07) is 9.34. The van der Waals surface area contributed by atoms with Gasteiger partial charge in [-0.05, 0) is 41.8 Å². The standard InChI is InChI=1S/C17H21FN2/c1-3-13-5-7-16(20-12-13)10-15-9-14(11-19-4-2)6-8-17(15)18/h5-9,12,19H,3-4,10-11H2,1-2H3. The van der Waals surface area contributed by atoms with E-state index in [9.17, 15) is 4.39 Å². The maximum atomic E-state index is 13.9. The van der Waals surface area contributed by atoms with Crippen LogP contribution in [0.5, 0.6) is 0 Å². The highest BCUT2D eigenvalue weighted by atomic mass is 19.1. The van der Waals surface area contributed by atoms with Gasteiger partial charge < -0.3 is 5.32 Å². The van der Waals surface area contributed by atoms with E-state index in [1.807, 2.05) is 24.4 Å². The first-order valence-corrected chi connectivity index (χ1v) is 7.14. The van der Waals surface area contributed by atoms with E-state index < -0.39 is 0 Å². The zero-order valence-electron chi connectivity index (χ0n) is 12.1. The van der Waals surface area contributed by atoms with Crippen LogP contribution in [0.1, 0.15) is 36.2 Å². The molecule has 0 aliphatic rings. The molecule has 0 saturated carbocycles. The number of nitrogens with one attached hydrogen (secondary N) is 1. The number of hydrogen-bond donors (Lipinski definition) is 1.